The first-order valence-corrected chi connectivity index (χ1v) is 8.15. The highest BCUT2D eigenvalue weighted by molar-refractivity contribution is 5.76. The van der Waals surface area contributed by atoms with Gasteiger partial charge in [-0.1, -0.05) is 20.3 Å². The topological polar surface area (TPSA) is 29.9 Å². The molecule has 0 spiro atoms. The fraction of sp³-hybridized carbons (Fsp3) is 0.588. The summed E-state index contributed by atoms with van der Waals surface area (Å²) in [4.78, 5) is 4.51. The number of aryl methyl sites for hydroxylation is 1. The largest absolute Gasteiger partial charge is 0.328 e. The fourth-order valence-corrected chi connectivity index (χ4v) is 3.27. The first kappa shape index (κ1) is 15.4. The molecule has 1 aromatic carbocycles. The van der Waals surface area contributed by atoms with Crippen LogP contribution in [-0.2, 0) is 6.54 Å². The number of halogens is 2. The molecule has 1 fully saturated rings. The van der Waals surface area contributed by atoms with Gasteiger partial charge in [0, 0.05) is 30.6 Å². The van der Waals surface area contributed by atoms with E-state index in [9.17, 15) is 8.78 Å². The van der Waals surface area contributed by atoms with Crippen LogP contribution in [-0.4, -0.2) is 22.1 Å². The zero-order valence-corrected chi connectivity index (χ0v) is 13.2. The van der Waals surface area contributed by atoms with Crippen LogP contribution in [0.15, 0.2) is 12.1 Å². The summed E-state index contributed by atoms with van der Waals surface area (Å²) in [5, 5.41) is 3.53. The molecule has 3 nitrogen and oxygen atoms in total. The highest BCUT2D eigenvalue weighted by Crippen LogP contribution is 2.25. The first-order valence-electron chi connectivity index (χ1n) is 8.15. The lowest BCUT2D eigenvalue weighted by molar-refractivity contribution is 0.365. The predicted molar refractivity (Wildman–Crippen MR) is 84.0 cm³/mol. The fourth-order valence-electron chi connectivity index (χ4n) is 3.27. The normalized spacial score (nSPS) is 19.2. The number of fused-ring (bicyclic) bond motifs is 1. The number of aromatic nitrogens is 2. The maximum absolute atomic E-state index is 13.6. The van der Waals surface area contributed by atoms with Gasteiger partial charge in [-0.05, 0) is 25.8 Å². The Labute approximate surface area is 129 Å². The van der Waals surface area contributed by atoms with Crippen LogP contribution in [0.4, 0.5) is 8.78 Å². The molecule has 0 aliphatic carbocycles. The number of nitrogens with zero attached hydrogens (tertiary/aromatic N) is 2. The zero-order valence-electron chi connectivity index (χ0n) is 13.2. The number of rotatable bonds is 4. The lowest BCUT2D eigenvalue weighted by Crippen LogP contribution is -2.34. The van der Waals surface area contributed by atoms with Gasteiger partial charge in [-0.25, -0.2) is 13.8 Å². The number of piperidine rings is 1. The Morgan fingerprint density at radius 3 is 2.73 bits per heavy atom. The molecule has 0 bridgehead atoms. The van der Waals surface area contributed by atoms with E-state index in [1.165, 1.54) is 31.4 Å². The van der Waals surface area contributed by atoms with Crippen molar-refractivity contribution in [3.63, 3.8) is 0 Å². The van der Waals surface area contributed by atoms with E-state index in [2.05, 4.69) is 28.7 Å². The van der Waals surface area contributed by atoms with E-state index >= 15 is 0 Å². The van der Waals surface area contributed by atoms with Gasteiger partial charge in [-0.3, -0.25) is 0 Å². The highest BCUT2D eigenvalue weighted by atomic mass is 19.2. The summed E-state index contributed by atoms with van der Waals surface area (Å²) in [7, 11) is 0. The molecule has 1 unspecified atom stereocenters. The average Bonchev–Trinajstić information content (AvgIpc) is 2.85. The van der Waals surface area contributed by atoms with Gasteiger partial charge < -0.3 is 9.88 Å². The molecule has 5 heteroatoms. The quantitative estimate of drug-likeness (QED) is 0.926. The van der Waals surface area contributed by atoms with Gasteiger partial charge >= 0.3 is 0 Å². The summed E-state index contributed by atoms with van der Waals surface area (Å²) >= 11 is 0. The predicted octanol–water partition coefficient (Wildman–Crippen LogP) is 3.97. The lowest BCUT2D eigenvalue weighted by Gasteiger charge is -2.24. The molecule has 3 rings (SSSR count). The molecule has 0 saturated carbocycles. The number of nitrogens with one attached hydrogen (secondary N) is 1. The van der Waals surface area contributed by atoms with Crippen LogP contribution in [0.25, 0.3) is 11.0 Å². The van der Waals surface area contributed by atoms with Gasteiger partial charge in [-0.2, -0.15) is 0 Å². The van der Waals surface area contributed by atoms with Crippen LogP contribution in [0.5, 0.6) is 0 Å². The molecule has 1 N–H and O–H groups in total. The first-order chi connectivity index (χ1) is 10.6. The SMILES string of the molecule is CC(C)c1nc2cc(F)c(F)cc2n1CCC1CCCCN1. The Morgan fingerprint density at radius 2 is 2.05 bits per heavy atom. The number of imidazole rings is 1. The van der Waals surface area contributed by atoms with Crippen molar-refractivity contribution in [2.45, 2.75) is 58.0 Å². The summed E-state index contributed by atoms with van der Waals surface area (Å²) < 4.78 is 29.1. The van der Waals surface area contributed by atoms with Gasteiger partial charge in [0.25, 0.3) is 0 Å². The molecule has 120 valence electrons. The molecule has 22 heavy (non-hydrogen) atoms. The Morgan fingerprint density at radius 1 is 1.27 bits per heavy atom. The van der Waals surface area contributed by atoms with Crippen LogP contribution in [0.1, 0.15) is 51.3 Å². The average molecular weight is 307 g/mol. The van der Waals surface area contributed by atoms with Gasteiger partial charge in [0.1, 0.15) is 5.82 Å². The van der Waals surface area contributed by atoms with Gasteiger partial charge in [0.2, 0.25) is 0 Å². The summed E-state index contributed by atoms with van der Waals surface area (Å²) in [6.45, 7) is 5.98. The van der Waals surface area contributed by atoms with Crippen molar-refractivity contribution in [3.8, 4) is 0 Å². The smallest absolute Gasteiger partial charge is 0.161 e. The monoisotopic (exact) mass is 307 g/mol. The van der Waals surface area contributed by atoms with Crippen molar-refractivity contribution in [1.82, 2.24) is 14.9 Å². The number of hydrogen-bond donors (Lipinski definition) is 1. The Bertz CT molecular complexity index is 657. The van der Waals surface area contributed by atoms with Crippen molar-refractivity contribution < 1.29 is 8.78 Å². The molecule has 0 amide bonds. The zero-order chi connectivity index (χ0) is 15.7. The van der Waals surface area contributed by atoms with Crippen molar-refractivity contribution >= 4 is 11.0 Å². The second-order valence-corrected chi connectivity index (χ2v) is 6.47. The highest BCUT2D eigenvalue weighted by Gasteiger charge is 2.18. The minimum atomic E-state index is -0.832. The second kappa shape index (κ2) is 6.32. The summed E-state index contributed by atoms with van der Waals surface area (Å²) in [6, 6.07) is 2.99. The lowest BCUT2D eigenvalue weighted by atomic mass is 10.0. The van der Waals surface area contributed by atoms with Crippen LogP contribution in [0, 0.1) is 11.6 Å². The summed E-state index contributed by atoms with van der Waals surface area (Å²) in [6.07, 6.45) is 4.68. The van der Waals surface area contributed by atoms with E-state index in [0.29, 0.717) is 17.1 Å². The molecule has 2 aromatic rings. The summed E-state index contributed by atoms with van der Waals surface area (Å²) in [5.41, 5.74) is 1.23. The third-order valence-corrected chi connectivity index (χ3v) is 4.45. The molecule has 1 aliphatic heterocycles. The van der Waals surface area contributed by atoms with E-state index in [1.807, 2.05) is 0 Å². The van der Waals surface area contributed by atoms with Gasteiger partial charge in [-0.15, -0.1) is 0 Å². The molecular weight excluding hydrogens is 284 g/mol. The molecule has 1 atom stereocenters. The van der Waals surface area contributed by atoms with Gasteiger partial charge in [0.05, 0.1) is 11.0 Å². The minimum absolute atomic E-state index is 0.220. The van der Waals surface area contributed by atoms with Crippen LogP contribution >= 0.6 is 0 Å². The van der Waals surface area contributed by atoms with Crippen LogP contribution in [0.3, 0.4) is 0 Å². The van der Waals surface area contributed by atoms with E-state index < -0.39 is 11.6 Å². The maximum atomic E-state index is 13.6. The van der Waals surface area contributed by atoms with Crippen LogP contribution in [0.2, 0.25) is 0 Å². The Hall–Kier alpha value is -1.49. The summed E-state index contributed by atoms with van der Waals surface area (Å²) in [5.74, 6) is -0.519. The van der Waals surface area contributed by atoms with E-state index in [-0.39, 0.29) is 5.92 Å². The van der Waals surface area contributed by atoms with Crippen molar-refractivity contribution in [1.29, 1.82) is 0 Å². The number of hydrogen-bond acceptors (Lipinski definition) is 2. The third-order valence-electron chi connectivity index (χ3n) is 4.45. The van der Waals surface area contributed by atoms with E-state index in [0.717, 1.165) is 25.3 Å². The molecule has 0 radical (unpaired) electrons. The van der Waals surface area contributed by atoms with E-state index in [1.54, 1.807) is 0 Å². The molecule has 1 aliphatic rings. The maximum Gasteiger partial charge on any atom is 0.161 e. The van der Waals surface area contributed by atoms with E-state index in [4.69, 9.17) is 0 Å². The minimum Gasteiger partial charge on any atom is -0.328 e. The van der Waals surface area contributed by atoms with Gasteiger partial charge in [0.15, 0.2) is 11.6 Å². The Kier molecular flexibility index (Phi) is 4.43. The second-order valence-electron chi connectivity index (χ2n) is 6.47. The third kappa shape index (κ3) is 3.00. The van der Waals surface area contributed by atoms with Crippen molar-refractivity contribution in [3.05, 3.63) is 29.6 Å². The molecule has 1 aromatic heterocycles. The van der Waals surface area contributed by atoms with Crippen molar-refractivity contribution in [2.75, 3.05) is 6.54 Å². The molecule has 1 saturated heterocycles. The standard InChI is InChI=1S/C17H23F2N3/c1-11(2)17-21-15-9-13(18)14(19)10-16(15)22(17)8-6-12-5-3-4-7-20-12/h9-12,20H,3-8H2,1-2H3. The van der Waals surface area contributed by atoms with Crippen LogP contribution < -0.4 is 5.32 Å². The molecule has 2 heterocycles. The molecular formula is C17H23F2N3. The Balaban J connectivity index is 1.91. The number of benzene rings is 1. The van der Waals surface area contributed by atoms with Crippen molar-refractivity contribution in [2.24, 2.45) is 0 Å².